The molecule has 128 valence electrons. The summed E-state index contributed by atoms with van der Waals surface area (Å²) in [6.07, 6.45) is 1.64. The van der Waals surface area contributed by atoms with E-state index in [1.807, 2.05) is 13.1 Å². The van der Waals surface area contributed by atoms with Gasteiger partial charge in [0, 0.05) is 12.1 Å². The third-order valence-corrected chi connectivity index (χ3v) is 4.63. The van der Waals surface area contributed by atoms with E-state index in [1.54, 1.807) is 18.2 Å². The summed E-state index contributed by atoms with van der Waals surface area (Å²) in [7, 11) is 1.88. The van der Waals surface area contributed by atoms with Crippen LogP contribution in [0.1, 0.15) is 35.8 Å². The zero-order chi connectivity index (χ0) is 17.1. The quantitative estimate of drug-likeness (QED) is 0.734. The number of hydrogen-bond donors (Lipinski definition) is 3. The lowest BCUT2D eigenvalue weighted by Crippen LogP contribution is -2.22. The summed E-state index contributed by atoms with van der Waals surface area (Å²) >= 11 is 0. The van der Waals surface area contributed by atoms with E-state index >= 15 is 0 Å². The van der Waals surface area contributed by atoms with Gasteiger partial charge in [-0.15, -0.1) is 0 Å². The largest absolute Gasteiger partial charge is 0.504 e. The molecule has 0 aliphatic carbocycles. The number of ether oxygens (including phenoxy) is 1. The summed E-state index contributed by atoms with van der Waals surface area (Å²) in [5, 5.41) is 22.8. The van der Waals surface area contributed by atoms with Gasteiger partial charge in [0.05, 0.1) is 6.61 Å². The van der Waals surface area contributed by atoms with Crippen molar-refractivity contribution >= 4 is 0 Å². The second-order valence-corrected chi connectivity index (χ2v) is 6.23. The minimum Gasteiger partial charge on any atom is -0.504 e. The molecule has 0 fully saturated rings. The van der Waals surface area contributed by atoms with Crippen molar-refractivity contribution in [2.75, 3.05) is 20.2 Å². The van der Waals surface area contributed by atoms with Crippen molar-refractivity contribution in [3.63, 3.8) is 0 Å². The molecule has 3 rings (SSSR count). The molecule has 0 aromatic heterocycles. The molecule has 3 N–H and O–H groups in total. The van der Waals surface area contributed by atoms with Gasteiger partial charge in [0.1, 0.15) is 5.82 Å². The smallest absolute Gasteiger partial charge is 0.200 e. The molecule has 24 heavy (non-hydrogen) atoms. The van der Waals surface area contributed by atoms with Crippen LogP contribution in [0.5, 0.6) is 17.2 Å². The molecule has 2 aromatic rings. The molecule has 1 heterocycles. The first-order valence-electron chi connectivity index (χ1n) is 8.17. The Bertz CT molecular complexity index is 720. The van der Waals surface area contributed by atoms with Crippen LogP contribution in [0.3, 0.4) is 0 Å². The normalized spacial score (nSPS) is 17.8. The van der Waals surface area contributed by atoms with Crippen LogP contribution >= 0.6 is 0 Å². The average molecular weight is 331 g/mol. The number of benzene rings is 2. The zero-order valence-electron chi connectivity index (χ0n) is 13.6. The van der Waals surface area contributed by atoms with E-state index in [4.69, 9.17) is 4.74 Å². The van der Waals surface area contributed by atoms with Gasteiger partial charge in [-0.25, -0.2) is 4.39 Å². The van der Waals surface area contributed by atoms with E-state index in [9.17, 15) is 14.6 Å². The highest BCUT2D eigenvalue weighted by Gasteiger charge is 2.28. The number of phenolic OH excluding ortho intramolecular Hbond substituents is 2. The molecular weight excluding hydrogens is 309 g/mol. The number of nitrogens with one attached hydrogen (secondary N) is 1. The fourth-order valence-electron chi connectivity index (χ4n) is 3.44. The predicted octanol–water partition coefficient (Wildman–Crippen LogP) is 3.50. The molecule has 1 aliphatic heterocycles. The van der Waals surface area contributed by atoms with Gasteiger partial charge in [-0.3, -0.25) is 0 Å². The Morgan fingerprint density at radius 3 is 2.88 bits per heavy atom. The number of aromatic hydroxyl groups is 2. The molecule has 0 spiro atoms. The number of hydrogen-bond acceptors (Lipinski definition) is 4. The van der Waals surface area contributed by atoms with Crippen LogP contribution in [-0.4, -0.2) is 30.4 Å². The minimum atomic E-state index is -0.233. The first kappa shape index (κ1) is 16.6. The highest BCUT2D eigenvalue weighted by Crippen LogP contribution is 2.47. The van der Waals surface area contributed by atoms with Crippen molar-refractivity contribution in [3.05, 3.63) is 53.3 Å². The summed E-state index contributed by atoms with van der Waals surface area (Å²) in [4.78, 5) is 0. The second kappa shape index (κ2) is 7.09. The van der Waals surface area contributed by atoms with Crippen molar-refractivity contribution in [3.8, 4) is 17.2 Å². The zero-order valence-corrected chi connectivity index (χ0v) is 13.6. The molecule has 0 radical (unpaired) electrons. The average Bonchev–Trinajstić information content (AvgIpc) is 2.58. The SMILES string of the molecule is CNCC(CC1CCOc2c1ccc(O)c2O)c1cccc(F)c1. The number of fused-ring (bicyclic) bond motifs is 1. The van der Waals surface area contributed by atoms with Crippen molar-refractivity contribution in [2.24, 2.45) is 0 Å². The van der Waals surface area contributed by atoms with Gasteiger partial charge in [-0.2, -0.15) is 0 Å². The molecule has 4 nitrogen and oxygen atoms in total. The molecule has 0 saturated carbocycles. The van der Waals surface area contributed by atoms with Crippen molar-refractivity contribution in [1.82, 2.24) is 5.32 Å². The fourth-order valence-corrected chi connectivity index (χ4v) is 3.44. The number of likely N-dealkylation sites (N-methyl/N-ethyl adjacent to an activating group) is 1. The van der Waals surface area contributed by atoms with Crippen LogP contribution in [0.15, 0.2) is 36.4 Å². The van der Waals surface area contributed by atoms with Gasteiger partial charge in [-0.05, 0) is 55.5 Å². The Morgan fingerprint density at radius 2 is 2.12 bits per heavy atom. The maximum atomic E-state index is 13.6. The number of phenols is 2. The maximum Gasteiger partial charge on any atom is 0.200 e. The molecule has 1 aliphatic rings. The predicted molar refractivity (Wildman–Crippen MR) is 90.3 cm³/mol. The Kier molecular flexibility index (Phi) is 4.90. The number of halogens is 1. The van der Waals surface area contributed by atoms with E-state index < -0.39 is 0 Å². The topological polar surface area (TPSA) is 61.7 Å². The molecule has 0 bridgehead atoms. The standard InChI is InChI=1S/C19H22FNO3/c1-21-11-14(12-3-2-4-15(20)10-12)9-13-7-8-24-19-16(13)5-6-17(22)18(19)23/h2-6,10,13-14,21-23H,7-9,11H2,1H3. The van der Waals surface area contributed by atoms with Gasteiger partial charge in [0.15, 0.2) is 11.5 Å². The lowest BCUT2D eigenvalue weighted by Gasteiger charge is -2.30. The first-order chi connectivity index (χ1) is 11.6. The van der Waals surface area contributed by atoms with E-state index in [-0.39, 0.29) is 29.2 Å². The molecule has 2 unspecified atom stereocenters. The third-order valence-electron chi connectivity index (χ3n) is 4.63. The summed E-state index contributed by atoms with van der Waals surface area (Å²) in [5.41, 5.74) is 1.86. The van der Waals surface area contributed by atoms with Gasteiger partial charge >= 0.3 is 0 Å². The van der Waals surface area contributed by atoms with Crippen LogP contribution in [-0.2, 0) is 0 Å². The van der Waals surface area contributed by atoms with Gasteiger partial charge in [0.2, 0.25) is 5.75 Å². The lowest BCUT2D eigenvalue weighted by molar-refractivity contribution is 0.243. The molecule has 0 amide bonds. The summed E-state index contributed by atoms with van der Waals surface area (Å²) in [6.45, 7) is 1.23. The number of rotatable bonds is 5. The Hall–Kier alpha value is -2.27. The monoisotopic (exact) mass is 331 g/mol. The van der Waals surface area contributed by atoms with E-state index in [1.165, 1.54) is 12.1 Å². The lowest BCUT2D eigenvalue weighted by atomic mass is 9.82. The molecular formula is C19H22FNO3. The Morgan fingerprint density at radius 1 is 1.29 bits per heavy atom. The Labute approximate surface area is 140 Å². The first-order valence-corrected chi connectivity index (χ1v) is 8.17. The van der Waals surface area contributed by atoms with E-state index in [0.717, 1.165) is 30.5 Å². The maximum absolute atomic E-state index is 13.6. The Balaban J connectivity index is 1.88. The fraction of sp³-hybridized carbons (Fsp3) is 0.368. The minimum absolute atomic E-state index is 0.151. The van der Waals surface area contributed by atoms with E-state index in [0.29, 0.717) is 12.4 Å². The summed E-state index contributed by atoms with van der Waals surface area (Å²) < 4.78 is 19.1. The molecule has 2 atom stereocenters. The second-order valence-electron chi connectivity index (χ2n) is 6.23. The summed E-state index contributed by atoms with van der Waals surface area (Å²) in [6, 6.07) is 10.00. The highest BCUT2D eigenvalue weighted by molar-refractivity contribution is 5.56. The van der Waals surface area contributed by atoms with Crippen LogP contribution in [0, 0.1) is 5.82 Å². The molecule has 0 saturated heterocycles. The van der Waals surface area contributed by atoms with Crippen molar-refractivity contribution < 1.29 is 19.3 Å². The van der Waals surface area contributed by atoms with Crippen molar-refractivity contribution in [1.29, 1.82) is 0 Å². The molecule has 2 aromatic carbocycles. The van der Waals surface area contributed by atoms with Gasteiger partial charge in [-0.1, -0.05) is 18.2 Å². The summed E-state index contributed by atoms with van der Waals surface area (Å²) in [5.74, 6) is 0.0936. The van der Waals surface area contributed by atoms with Crippen molar-refractivity contribution in [2.45, 2.75) is 24.7 Å². The van der Waals surface area contributed by atoms with Crippen LogP contribution in [0.25, 0.3) is 0 Å². The third kappa shape index (κ3) is 3.31. The van der Waals surface area contributed by atoms with Crippen LogP contribution in [0.4, 0.5) is 4.39 Å². The molecule has 5 heteroatoms. The van der Waals surface area contributed by atoms with Crippen LogP contribution in [0.2, 0.25) is 0 Å². The van der Waals surface area contributed by atoms with E-state index in [2.05, 4.69) is 5.32 Å². The highest BCUT2D eigenvalue weighted by atomic mass is 19.1. The van der Waals surface area contributed by atoms with Crippen LogP contribution < -0.4 is 10.1 Å². The van der Waals surface area contributed by atoms with Gasteiger partial charge in [0.25, 0.3) is 0 Å². The van der Waals surface area contributed by atoms with Gasteiger partial charge < -0.3 is 20.3 Å².